The first-order valence-electron chi connectivity index (χ1n) is 5.51. The van der Waals surface area contributed by atoms with E-state index in [1.165, 1.54) is 0 Å². The van der Waals surface area contributed by atoms with Gasteiger partial charge in [0.15, 0.2) is 0 Å². The van der Waals surface area contributed by atoms with Crippen LogP contribution in [0, 0.1) is 0 Å². The Bertz CT molecular complexity index is 369. The number of hydrogen-bond acceptors (Lipinski definition) is 8. The fourth-order valence-corrected chi connectivity index (χ4v) is 1.51. The van der Waals surface area contributed by atoms with Crippen LogP contribution in [0.25, 0.3) is 0 Å². The molecule has 1 aliphatic rings. The number of anilines is 2. The summed E-state index contributed by atoms with van der Waals surface area (Å²) in [4.78, 5) is 14.4. The molecular formula is C9H16N6O2. The molecule has 0 saturated carbocycles. The third-order valence-electron chi connectivity index (χ3n) is 2.30. The molecule has 8 nitrogen and oxygen atoms in total. The maximum Gasteiger partial charge on any atom is 0.323 e. The van der Waals surface area contributed by atoms with Crippen LogP contribution in [-0.2, 0) is 4.74 Å². The molecule has 0 bridgehead atoms. The number of nitrogens with two attached hydrogens (primary N) is 1. The minimum absolute atomic E-state index is 0.275. The van der Waals surface area contributed by atoms with Gasteiger partial charge in [-0.05, 0) is 6.92 Å². The highest BCUT2D eigenvalue weighted by molar-refractivity contribution is 5.37. The minimum atomic E-state index is 0.275. The zero-order valence-electron chi connectivity index (χ0n) is 9.72. The number of aromatic nitrogens is 3. The molecule has 0 atom stereocenters. The number of rotatable bonds is 4. The Morgan fingerprint density at radius 1 is 1.35 bits per heavy atom. The molecule has 1 aromatic heterocycles. The van der Waals surface area contributed by atoms with Crippen molar-refractivity contribution in [3.63, 3.8) is 0 Å². The van der Waals surface area contributed by atoms with E-state index in [-0.39, 0.29) is 6.01 Å². The first-order valence-corrected chi connectivity index (χ1v) is 5.51. The van der Waals surface area contributed by atoms with Crippen molar-refractivity contribution in [1.29, 1.82) is 0 Å². The van der Waals surface area contributed by atoms with E-state index in [1.54, 1.807) is 0 Å². The average molecular weight is 240 g/mol. The van der Waals surface area contributed by atoms with Crippen LogP contribution in [0.15, 0.2) is 0 Å². The van der Waals surface area contributed by atoms with Crippen molar-refractivity contribution in [2.75, 3.05) is 43.2 Å². The van der Waals surface area contributed by atoms with Gasteiger partial charge in [0, 0.05) is 13.1 Å². The maximum absolute atomic E-state index is 5.31. The lowest BCUT2D eigenvalue weighted by molar-refractivity contribution is 0.122. The second-order valence-corrected chi connectivity index (χ2v) is 3.42. The smallest absolute Gasteiger partial charge is 0.323 e. The molecule has 0 aromatic carbocycles. The Morgan fingerprint density at radius 2 is 2.12 bits per heavy atom. The molecule has 1 saturated heterocycles. The summed E-state index contributed by atoms with van der Waals surface area (Å²) in [6.45, 7) is 5.20. The summed E-state index contributed by atoms with van der Waals surface area (Å²) in [5.74, 6) is 6.16. The van der Waals surface area contributed by atoms with Gasteiger partial charge in [0.25, 0.3) is 0 Å². The van der Waals surface area contributed by atoms with Gasteiger partial charge < -0.3 is 14.4 Å². The van der Waals surface area contributed by atoms with E-state index in [4.69, 9.17) is 15.3 Å². The third kappa shape index (κ3) is 2.92. The zero-order valence-corrected chi connectivity index (χ0v) is 9.72. The molecule has 3 N–H and O–H groups in total. The van der Waals surface area contributed by atoms with Gasteiger partial charge in [-0.15, -0.1) is 0 Å². The summed E-state index contributed by atoms with van der Waals surface area (Å²) in [6.07, 6.45) is 0. The number of nitrogens with one attached hydrogen (secondary N) is 1. The summed E-state index contributed by atoms with van der Waals surface area (Å²) in [7, 11) is 0. The lowest BCUT2D eigenvalue weighted by Gasteiger charge is -2.26. The molecule has 2 heterocycles. The number of morpholine rings is 1. The Labute approximate surface area is 99.1 Å². The van der Waals surface area contributed by atoms with Gasteiger partial charge in [0.2, 0.25) is 11.9 Å². The number of ether oxygens (including phenoxy) is 2. The highest BCUT2D eigenvalue weighted by Crippen LogP contribution is 2.15. The van der Waals surface area contributed by atoms with Gasteiger partial charge in [0.1, 0.15) is 0 Å². The normalized spacial score (nSPS) is 15.8. The molecule has 0 radical (unpaired) electrons. The lowest BCUT2D eigenvalue weighted by Crippen LogP contribution is -2.37. The molecule has 1 fully saturated rings. The molecule has 2 rings (SSSR count). The highest BCUT2D eigenvalue weighted by atomic mass is 16.5. The fraction of sp³-hybridized carbons (Fsp3) is 0.667. The molecule has 94 valence electrons. The van der Waals surface area contributed by atoms with E-state index in [0.717, 1.165) is 13.1 Å². The minimum Gasteiger partial charge on any atom is -0.464 e. The van der Waals surface area contributed by atoms with Gasteiger partial charge in [-0.1, -0.05) is 0 Å². The van der Waals surface area contributed by atoms with Gasteiger partial charge in [0.05, 0.1) is 19.8 Å². The molecule has 8 heteroatoms. The van der Waals surface area contributed by atoms with Crippen LogP contribution < -0.4 is 20.9 Å². The van der Waals surface area contributed by atoms with Crippen LogP contribution in [0.5, 0.6) is 6.01 Å². The van der Waals surface area contributed by atoms with Crippen molar-refractivity contribution in [1.82, 2.24) is 15.0 Å². The third-order valence-corrected chi connectivity index (χ3v) is 2.30. The number of nitrogens with zero attached hydrogens (tertiary/aromatic N) is 4. The molecule has 1 aromatic rings. The van der Waals surface area contributed by atoms with Crippen molar-refractivity contribution in [3.8, 4) is 6.01 Å². The molecule has 0 aliphatic carbocycles. The fourth-order valence-electron chi connectivity index (χ4n) is 1.51. The summed E-state index contributed by atoms with van der Waals surface area (Å²) in [5, 5.41) is 0. The summed E-state index contributed by atoms with van der Waals surface area (Å²) >= 11 is 0. The van der Waals surface area contributed by atoms with Crippen LogP contribution in [0.1, 0.15) is 6.92 Å². The highest BCUT2D eigenvalue weighted by Gasteiger charge is 2.16. The van der Waals surface area contributed by atoms with E-state index in [9.17, 15) is 0 Å². The van der Waals surface area contributed by atoms with Crippen LogP contribution in [-0.4, -0.2) is 47.9 Å². The Hall–Kier alpha value is -1.67. The van der Waals surface area contributed by atoms with Gasteiger partial charge in [-0.3, -0.25) is 5.43 Å². The number of hydrogen-bond donors (Lipinski definition) is 2. The van der Waals surface area contributed by atoms with Crippen molar-refractivity contribution in [3.05, 3.63) is 0 Å². The van der Waals surface area contributed by atoms with Gasteiger partial charge >= 0.3 is 6.01 Å². The molecule has 1 aliphatic heterocycles. The van der Waals surface area contributed by atoms with Crippen molar-refractivity contribution >= 4 is 11.9 Å². The second kappa shape index (κ2) is 5.60. The van der Waals surface area contributed by atoms with Crippen molar-refractivity contribution < 1.29 is 9.47 Å². The predicted molar refractivity (Wildman–Crippen MR) is 61.8 cm³/mol. The quantitative estimate of drug-likeness (QED) is 0.531. The topological polar surface area (TPSA) is 98.4 Å². The van der Waals surface area contributed by atoms with Crippen molar-refractivity contribution in [2.24, 2.45) is 5.84 Å². The Morgan fingerprint density at radius 3 is 2.76 bits per heavy atom. The average Bonchev–Trinajstić information content (AvgIpc) is 2.40. The van der Waals surface area contributed by atoms with Gasteiger partial charge in [-0.2, -0.15) is 15.0 Å². The number of nitrogen functional groups attached to an aromatic ring is 1. The van der Waals surface area contributed by atoms with E-state index >= 15 is 0 Å². The monoisotopic (exact) mass is 240 g/mol. The van der Waals surface area contributed by atoms with Crippen molar-refractivity contribution in [2.45, 2.75) is 6.92 Å². The molecule has 0 spiro atoms. The van der Waals surface area contributed by atoms with Gasteiger partial charge in [-0.25, -0.2) is 5.84 Å². The number of hydrazine groups is 1. The van der Waals surface area contributed by atoms with Crippen LogP contribution >= 0.6 is 0 Å². The predicted octanol–water partition coefficient (Wildman–Crippen LogP) is -0.607. The maximum atomic E-state index is 5.31. The van der Waals surface area contributed by atoms with Crippen LogP contribution in [0.4, 0.5) is 11.9 Å². The van der Waals surface area contributed by atoms with E-state index in [1.807, 2.05) is 11.8 Å². The first-order chi connectivity index (χ1) is 8.33. The standard InChI is InChI=1S/C9H16N6O2/c1-2-17-9-12-7(14-10)11-8(13-9)15-3-5-16-6-4-15/h2-6,10H2,1H3,(H,11,12,13,14). The first kappa shape index (κ1) is 11.8. The summed E-state index contributed by atoms with van der Waals surface area (Å²) in [5.41, 5.74) is 2.41. The second-order valence-electron chi connectivity index (χ2n) is 3.42. The zero-order chi connectivity index (χ0) is 12.1. The Balaban J connectivity index is 2.21. The molecule has 0 amide bonds. The van der Waals surface area contributed by atoms with Crippen LogP contribution in [0.2, 0.25) is 0 Å². The summed E-state index contributed by atoms with van der Waals surface area (Å²) in [6, 6.07) is 0.275. The molecule has 0 unspecified atom stereocenters. The summed E-state index contributed by atoms with van der Waals surface area (Å²) < 4.78 is 10.5. The largest absolute Gasteiger partial charge is 0.464 e. The lowest BCUT2D eigenvalue weighted by atomic mass is 10.4. The van der Waals surface area contributed by atoms with E-state index in [0.29, 0.717) is 31.7 Å². The Kier molecular flexibility index (Phi) is 3.89. The molecule has 17 heavy (non-hydrogen) atoms. The van der Waals surface area contributed by atoms with Crippen LogP contribution in [0.3, 0.4) is 0 Å². The SMILES string of the molecule is CCOc1nc(NN)nc(N2CCOCC2)n1. The molecular weight excluding hydrogens is 224 g/mol. The van der Waals surface area contributed by atoms with E-state index in [2.05, 4.69) is 20.4 Å². The van der Waals surface area contributed by atoms with E-state index < -0.39 is 0 Å².